The second-order valence-corrected chi connectivity index (χ2v) is 10.3. The average Bonchev–Trinajstić information content (AvgIpc) is 3.53. The molecule has 4 heterocycles. The Bertz CT molecular complexity index is 1300. The number of hydrogen-bond acceptors (Lipinski definition) is 7. The van der Waals surface area contributed by atoms with Crippen molar-refractivity contribution < 1.29 is 30.8 Å². The Balaban J connectivity index is 1.28. The maximum absolute atomic E-state index is 13.9. The number of piperidine rings is 1. The average molecular weight is 542 g/mol. The van der Waals surface area contributed by atoms with Crippen LogP contribution in [0.15, 0.2) is 28.7 Å². The number of benzene rings is 1. The lowest BCUT2D eigenvalue weighted by Gasteiger charge is -2.37. The van der Waals surface area contributed by atoms with Crippen molar-refractivity contribution in [2.45, 2.75) is 63.0 Å². The van der Waals surface area contributed by atoms with Crippen LogP contribution in [0.3, 0.4) is 0 Å². The van der Waals surface area contributed by atoms with Gasteiger partial charge in [-0.3, -0.25) is 0 Å². The van der Waals surface area contributed by atoms with Crippen LogP contribution in [0.2, 0.25) is 0 Å². The summed E-state index contributed by atoms with van der Waals surface area (Å²) in [5.74, 6) is 0.148. The molecule has 0 spiro atoms. The highest BCUT2D eigenvalue weighted by atomic mass is 19.4. The number of alkyl halides is 6. The predicted octanol–water partition coefficient (Wildman–Crippen LogP) is 5.34. The molecule has 0 radical (unpaired) electrons. The van der Waals surface area contributed by atoms with Crippen molar-refractivity contribution in [1.82, 2.24) is 25.0 Å². The van der Waals surface area contributed by atoms with Crippen LogP contribution in [-0.4, -0.2) is 50.3 Å². The Morgan fingerprint density at radius 2 is 1.71 bits per heavy atom. The van der Waals surface area contributed by atoms with Crippen molar-refractivity contribution in [1.29, 1.82) is 0 Å². The number of aromatic nitrogens is 5. The number of halogens is 6. The van der Waals surface area contributed by atoms with E-state index in [1.165, 1.54) is 12.1 Å². The third-order valence-corrected chi connectivity index (χ3v) is 7.90. The lowest BCUT2D eigenvalue weighted by molar-refractivity contribution is -0.175. The highest BCUT2D eigenvalue weighted by Gasteiger charge is 2.48. The van der Waals surface area contributed by atoms with Crippen LogP contribution in [0.5, 0.6) is 0 Å². The van der Waals surface area contributed by atoms with Crippen LogP contribution < -0.4 is 10.2 Å². The van der Waals surface area contributed by atoms with Gasteiger partial charge in [0, 0.05) is 32.0 Å². The van der Waals surface area contributed by atoms with Crippen molar-refractivity contribution >= 4 is 12.0 Å². The first-order valence-corrected chi connectivity index (χ1v) is 12.5. The zero-order valence-corrected chi connectivity index (χ0v) is 20.3. The smallest absolute Gasteiger partial charge is 0.408 e. The van der Waals surface area contributed by atoms with Crippen molar-refractivity contribution in [2.75, 3.05) is 23.3 Å². The van der Waals surface area contributed by atoms with Crippen molar-refractivity contribution in [3.8, 4) is 0 Å². The van der Waals surface area contributed by atoms with Crippen LogP contribution in [-0.2, 0) is 6.18 Å². The summed E-state index contributed by atoms with van der Waals surface area (Å²) in [5, 5.41) is 15.5. The minimum Gasteiger partial charge on any atom is -0.408 e. The molecule has 3 aromatic rings. The molecule has 38 heavy (non-hydrogen) atoms. The first kappa shape index (κ1) is 25.0. The largest absolute Gasteiger partial charge is 0.416 e. The minimum atomic E-state index is -4.56. The third kappa shape index (κ3) is 4.47. The van der Waals surface area contributed by atoms with E-state index in [1.807, 2.05) is 4.90 Å². The Morgan fingerprint density at radius 1 is 0.974 bits per heavy atom. The lowest BCUT2D eigenvalue weighted by Crippen LogP contribution is -2.48. The quantitative estimate of drug-likeness (QED) is 0.446. The van der Waals surface area contributed by atoms with Gasteiger partial charge in [0.15, 0.2) is 0 Å². The van der Waals surface area contributed by atoms with Crippen molar-refractivity contribution in [3.63, 3.8) is 0 Å². The molecular formula is C24H25F6N7O. The molecule has 3 unspecified atom stereocenters. The monoisotopic (exact) mass is 541 g/mol. The molecule has 1 aromatic carbocycles. The maximum Gasteiger partial charge on any atom is 0.416 e. The molecule has 3 aliphatic rings. The Morgan fingerprint density at radius 3 is 2.34 bits per heavy atom. The second kappa shape index (κ2) is 8.87. The fraction of sp³-hybridized carbons (Fsp3) is 0.583. The van der Waals surface area contributed by atoms with Crippen LogP contribution in [0.1, 0.15) is 60.5 Å². The summed E-state index contributed by atoms with van der Waals surface area (Å²) in [6.07, 6.45) is -7.59. The summed E-state index contributed by atoms with van der Waals surface area (Å²) in [5.41, 5.74) is -0.582. The molecule has 6 rings (SSSR count). The van der Waals surface area contributed by atoms with E-state index >= 15 is 0 Å². The van der Waals surface area contributed by atoms with Gasteiger partial charge in [0.05, 0.1) is 5.56 Å². The third-order valence-electron chi connectivity index (χ3n) is 7.90. The molecule has 1 N–H and O–H groups in total. The molecule has 1 aliphatic carbocycles. The van der Waals surface area contributed by atoms with Crippen molar-refractivity contribution in [2.24, 2.45) is 11.8 Å². The molecular weight excluding hydrogens is 516 g/mol. The Labute approximate surface area is 213 Å². The number of nitrogens with zero attached hydrogens (tertiary/aromatic N) is 6. The summed E-state index contributed by atoms with van der Waals surface area (Å²) in [6.45, 7) is 3.00. The SMILES string of the molecule is Cc1nnc(N2C[C@H]3CC[C@@H](C2)C3Nc2nc3n(n2)C(C(F)(F)F)CCC3c2cccc(C(F)(F)F)c2)o1. The van der Waals surface area contributed by atoms with Gasteiger partial charge >= 0.3 is 18.4 Å². The molecule has 2 fully saturated rings. The van der Waals surface area contributed by atoms with Gasteiger partial charge in [0.1, 0.15) is 11.9 Å². The number of aryl methyl sites for hydroxylation is 1. The van der Waals surface area contributed by atoms with E-state index in [0.717, 1.165) is 29.7 Å². The van der Waals surface area contributed by atoms with E-state index in [9.17, 15) is 26.3 Å². The fourth-order valence-corrected chi connectivity index (χ4v) is 6.17. The molecule has 2 aliphatic heterocycles. The molecule has 8 nitrogen and oxygen atoms in total. The summed E-state index contributed by atoms with van der Waals surface area (Å²) >= 11 is 0. The molecule has 2 aromatic heterocycles. The predicted molar refractivity (Wildman–Crippen MR) is 123 cm³/mol. The fourth-order valence-electron chi connectivity index (χ4n) is 6.17. The second-order valence-electron chi connectivity index (χ2n) is 10.3. The maximum atomic E-state index is 13.9. The van der Waals surface area contributed by atoms with Gasteiger partial charge in [0.25, 0.3) is 0 Å². The Kier molecular flexibility index (Phi) is 5.83. The zero-order valence-electron chi connectivity index (χ0n) is 20.3. The van der Waals surface area contributed by atoms with E-state index < -0.39 is 29.9 Å². The summed E-state index contributed by atoms with van der Waals surface area (Å²) in [7, 11) is 0. The van der Waals surface area contributed by atoms with Crippen LogP contribution >= 0.6 is 0 Å². The highest BCUT2D eigenvalue weighted by Crippen LogP contribution is 2.45. The number of rotatable bonds is 4. The lowest BCUT2D eigenvalue weighted by atomic mass is 9.87. The molecule has 5 atom stereocenters. The van der Waals surface area contributed by atoms with Gasteiger partial charge in [-0.25, -0.2) is 4.68 Å². The van der Waals surface area contributed by atoms with E-state index in [2.05, 4.69) is 25.6 Å². The Hall–Kier alpha value is -3.32. The molecule has 14 heteroatoms. The summed E-state index contributed by atoms with van der Waals surface area (Å²) in [4.78, 5) is 6.46. The van der Waals surface area contributed by atoms with E-state index in [-0.39, 0.29) is 48.1 Å². The van der Waals surface area contributed by atoms with Gasteiger partial charge < -0.3 is 14.6 Å². The molecule has 2 bridgehead atoms. The molecule has 204 valence electrons. The van der Waals surface area contributed by atoms with Crippen LogP contribution in [0, 0.1) is 18.8 Å². The van der Waals surface area contributed by atoms with Crippen molar-refractivity contribution in [3.05, 3.63) is 47.1 Å². The topological polar surface area (TPSA) is 84.9 Å². The van der Waals surface area contributed by atoms with Gasteiger partial charge in [-0.1, -0.05) is 23.3 Å². The highest BCUT2D eigenvalue weighted by molar-refractivity contribution is 5.37. The van der Waals surface area contributed by atoms with E-state index in [0.29, 0.717) is 25.0 Å². The van der Waals surface area contributed by atoms with Gasteiger partial charge in [-0.05, 0) is 49.1 Å². The van der Waals surface area contributed by atoms with Crippen LogP contribution in [0.4, 0.5) is 38.3 Å². The summed E-state index contributed by atoms with van der Waals surface area (Å²) in [6, 6.07) is 3.20. The molecule has 1 saturated carbocycles. The first-order chi connectivity index (χ1) is 18.0. The first-order valence-electron chi connectivity index (χ1n) is 12.5. The van der Waals surface area contributed by atoms with Crippen LogP contribution in [0.25, 0.3) is 0 Å². The number of anilines is 2. The number of nitrogens with one attached hydrogen (secondary N) is 1. The number of fused-ring (bicyclic) bond motifs is 3. The number of hydrogen-bond donors (Lipinski definition) is 1. The standard InChI is InChI=1S/C24H25F6N7O/c1-12-33-34-22(38-12)36-10-14-5-6-15(11-36)19(14)31-21-32-20-17(7-8-18(24(28,29)30)37(20)35-21)13-3-2-4-16(9-13)23(25,26)27/h2-4,9,14-15,17-19H,5-8,10-11H2,1H3,(H,31,35)/t14-,15+,17?,18?,19?. The molecule has 0 amide bonds. The van der Waals surface area contributed by atoms with Gasteiger partial charge in [-0.15, -0.1) is 10.2 Å². The summed E-state index contributed by atoms with van der Waals surface area (Å²) < 4.78 is 88.1. The molecule has 1 saturated heterocycles. The van der Waals surface area contributed by atoms with Gasteiger partial charge in [0.2, 0.25) is 11.8 Å². The van der Waals surface area contributed by atoms with E-state index in [1.54, 1.807) is 6.92 Å². The minimum absolute atomic E-state index is 0.0108. The van der Waals surface area contributed by atoms with Gasteiger partial charge in [-0.2, -0.15) is 31.3 Å². The zero-order chi connectivity index (χ0) is 26.8. The normalized spacial score (nSPS) is 27.4. The van der Waals surface area contributed by atoms with E-state index in [4.69, 9.17) is 4.42 Å².